The number of hydrogen-bond acceptors (Lipinski definition) is 5. The van der Waals surface area contributed by atoms with E-state index < -0.39 is 0 Å². The van der Waals surface area contributed by atoms with Crippen molar-refractivity contribution in [2.24, 2.45) is 4.99 Å². The highest BCUT2D eigenvalue weighted by molar-refractivity contribution is 14.0. The SMILES string of the molecule is CN=C(NCCNc1cnccn1)NC1CC(C)(C)Oc2ccccc21.I. The molecular weight excluding hydrogens is 455 g/mol. The molecule has 1 aliphatic heterocycles. The number of ether oxygens (including phenoxy) is 1. The molecule has 0 saturated heterocycles. The third-order valence-corrected chi connectivity index (χ3v) is 4.20. The lowest BCUT2D eigenvalue weighted by Gasteiger charge is -2.38. The number of hydrogen-bond donors (Lipinski definition) is 3. The van der Waals surface area contributed by atoms with Crippen molar-refractivity contribution in [2.45, 2.75) is 31.9 Å². The second-order valence-corrected chi connectivity index (χ2v) is 6.82. The van der Waals surface area contributed by atoms with Gasteiger partial charge in [-0.25, -0.2) is 4.98 Å². The van der Waals surface area contributed by atoms with E-state index >= 15 is 0 Å². The standard InChI is InChI=1S/C19H26N6O.HI/c1-19(2)12-15(14-6-4-5-7-16(14)26-19)25-18(20-3)24-11-10-23-17-13-21-8-9-22-17;/h4-9,13,15H,10-12H2,1-3H3,(H,22,23)(H2,20,24,25);1H. The maximum atomic E-state index is 6.09. The smallest absolute Gasteiger partial charge is 0.191 e. The highest BCUT2D eigenvalue weighted by atomic mass is 127. The predicted molar refractivity (Wildman–Crippen MR) is 119 cm³/mol. The van der Waals surface area contributed by atoms with E-state index in [1.807, 2.05) is 18.2 Å². The van der Waals surface area contributed by atoms with E-state index in [4.69, 9.17) is 4.74 Å². The van der Waals surface area contributed by atoms with E-state index in [9.17, 15) is 0 Å². The molecule has 0 radical (unpaired) electrons. The van der Waals surface area contributed by atoms with Crippen LogP contribution in [0.5, 0.6) is 5.75 Å². The number of anilines is 1. The lowest BCUT2D eigenvalue weighted by atomic mass is 9.90. The molecule has 3 rings (SSSR count). The summed E-state index contributed by atoms with van der Waals surface area (Å²) in [4.78, 5) is 12.6. The Morgan fingerprint density at radius 3 is 2.81 bits per heavy atom. The molecule has 3 N–H and O–H groups in total. The quantitative estimate of drug-likeness (QED) is 0.263. The monoisotopic (exact) mass is 482 g/mol. The summed E-state index contributed by atoms with van der Waals surface area (Å²) in [5, 5.41) is 10.1. The summed E-state index contributed by atoms with van der Waals surface area (Å²) >= 11 is 0. The Hall–Kier alpha value is -2.10. The number of halogens is 1. The number of aromatic nitrogens is 2. The highest BCUT2D eigenvalue weighted by Crippen LogP contribution is 2.39. The van der Waals surface area contributed by atoms with Crippen LogP contribution in [0, 0.1) is 0 Å². The summed E-state index contributed by atoms with van der Waals surface area (Å²) in [6.07, 6.45) is 5.89. The topological polar surface area (TPSA) is 83.5 Å². The second kappa shape index (κ2) is 9.72. The van der Waals surface area contributed by atoms with Crippen LogP contribution in [0.3, 0.4) is 0 Å². The van der Waals surface area contributed by atoms with Crippen molar-refractivity contribution in [3.05, 3.63) is 48.4 Å². The van der Waals surface area contributed by atoms with Crippen molar-refractivity contribution in [3.63, 3.8) is 0 Å². The molecule has 7 nitrogen and oxygen atoms in total. The number of guanidine groups is 1. The molecule has 27 heavy (non-hydrogen) atoms. The molecule has 146 valence electrons. The van der Waals surface area contributed by atoms with Gasteiger partial charge < -0.3 is 20.7 Å². The van der Waals surface area contributed by atoms with Gasteiger partial charge in [0.15, 0.2) is 5.96 Å². The van der Waals surface area contributed by atoms with Crippen LogP contribution >= 0.6 is 24.0 Å². The summed E-state index contributed by atoms with van der Waals surface area (Å²) < 4.78 is 6.09. The third-order valence-electron chi connectivity index (χ3n) is 4.20. The number of fused-ring (bicyclic) bond motifs is 1. The van der Waals surface area contributed by atoms with Crippen LogP contribution in [0.25, 0.3) is 0 Å². The van der Waals surface area contributed by atoms with Crippen molar-refractivity contribution in [1.82, 2.24) is 20.6 Å². The van der Waals surface area contributed by atoms with E-state index in [1.165, 1.54) is 0 Å². The molecule has 2 heterocycles. The molecule has 0 saturated carbocycles. The van der Waals surface area contributed by atoms with Gasteiger partial charge in [-0.3, -0.25) is 9.98 Å². The Bertz CT molecular complexity index is 753. The molecule has 1 aromatic heterocycles. The molecule has 1 aromatic carbocycles. The maximum absolute atomic E-state index is 6.09. The molecular formula is C19H27IN6O. The lowest BCUT2D eigenvalue weighted by Crippen LogP contribution is -2.46. The van der Waals surface area contributed by atoms with Crippen molar-refractivity contribution in [1.29, 1.82) is 0 Å². The molecule has 0 fully saturated rings. The average Bonchev–Trinajstić information content (AvgIpc) is 2.64. The fourth-order valence-electron chi connectivity index (χ4n) is 3.05. The molecule has 1 aliphatic rings. The van der Waals surface area contributed by atoms with Gasteiger partial charge in [0.05, 0.1) is 12.2 Å². The summed E-state index contributed by atoms with van der Waals surface area (Å²) in [6, 6.07) is 8.31. The van der Waals surface area contributed by atoms with Crippen LogP contribution in [0.4, 0.5) is 5.82 Å². The molecule has 0 bridgehead atoms. The molecule has 0 spiro atoms. The fraction of sp³-hybridized carbons (Fsp3) is 0.421. The number of para-hydroxylation sites is 1. The fourth-order valence-corrected chi connectivity index (χ4v) is 3.05. The summed E-state index contributed by atoms with van der Waals surface area (Å²) in [7, 11) is 1.78. The number of rotatable bonds is 5. The predicted octanol–water partition coefficient (Wildman–Crippen LogP) is 2.97. The minimum atomic E-state index is -0.224. The van der Waals surface area contributed by atoms with Gasteiger partial charge in [-0.05, 0) is 19.9 Å². The summed E-state index contributed by atoms with van der Waals surface area (Å²) in [5.74, 6) is 2.46. The first-order valence-electron chi connectivity index (χ1n) is 8.82. The number of benzene rings is 1. The van der Waals surface area contributed by atoms with Gasteiger partial charge in [0, 0.05) is 44.5 Å². The Morgan fingerprint density at radius 1 is 1.26 bits per heavy atom. The first-order valence-corrected chi connectivity index (χ1v) is 8.82. The lowest BCUT2D eigenvalue weighted by molar-refractivity contribution is 0.0694. The van der Waals surface area contributed by atoms with E-state index in [2.05, 4.69) is 50.8 Å². The number of nitrogens with zero attached hydrogens (tertiary/aromatic N) is 3. The first-order chi connectivity index (χ1) is 12.6. The number of aliphatic imine (C=N–C) groups is 1. The van der Waals surface area contributed by atoms with Gasteiger partial charge in [-0.1, -0.05) is 18.2 Å². The van der Waals surface area contributed by atoms with Crippen LogP contribution in [-0.2, 0) is 0 Å². The first kappa shape index (κ1) is 21.2. The van der Waals surface area contributed by atoms with Gasteiger partial charge in [-0.15, -0.1) is 24.0 Å². The van der Waals surface area contributed by atoms with Gasteiger partial charge in [0.2, 0.25) is 0 Å². The molecule has 0 amide bonds. The van der Waals surface area contributed by atoms with E-state index in [-0.39, 0.29) is 35.6 Å². The normalized spacial score (nSPS) is 17.7. The Balaban J connectivity index is 0.00000261. The van der Waals surface area contributed by atoms with Gasteiger partial charge in [-0.2, -0.15) is 0 Å². The Morgan fingerprint density at radius 2 is 2.07 bits per heavy atom. The van der Waals surface area contributed by atoms with Crippen LogP contribution in [0.2, 0.25) is 0 Å². The zero-order valence-electron chi connectivity index (χ0n) is 15.9. The largest absolute Gasteiger partial charge is 0.487 e. The Kier molecular flexibility index (Phi) is 7.64. The molecule has 1 unspecified atom stereocenters. The molecule has 8 heteroatoms. The summed E-state index contributed by atoms with van der Waals surface area (Å²) in [6.45, 7) is 5.65. The highest BCUT2D eigenvalue weighted by Gasteiger charge is 2.33. The van der Waals surface area contributed by atoms with Crippen LogP contribution in [0.1, 0.15) is 31.9 Å². The second-order valence-electron chi connectivity index (χ2n) is 6.82. The molecule has 2 aromatic rings. The van der Waals surface area contributed by atoms with E-state index in [1.54, 1.807) is 25.6 Å². The van der Waals surface area contributed by atoms with Crippen LogP contribution in [0.15, 0.2) is 47.8 Å². The third kappa shape index (κ3) is 5.95. The van der Waals surface area contributed by atoms with Crippen LogP contribution < -0.4 is 20.7 Å². The van der Waals surface area contributed by atoms with Crippen molar-refractivity contribution in [2.75, 3.05) is 25.5 Å². The Labute approximate surface area is 177 Å². The minimum absolute atomic E-state index is 0. The number of nitrogens with one attached hydrogen (secondary N) is 3. The van der Waals surface area contributed by atoms with Crippen LogP contribution in [-0.4, -0.2) is 41.7 Å². The zero-order valence-corrected chi connectivity index (χ0v) is 18.2. The summed E-state index contributed by atoms with van der Waals surface area (Å²) in [5.41, 5.74) is 0.936. The molecule has 1 atom stereocenters. The zero-order chi connectivity index (χ0) is 18.4. The van der Waals surface area contributed by atoms with Crippen molar-refractivity contribution >= 4 is 35.8 Å². The van der Waals surface area contributed by atoms with Crippen molar-refractivity contribution in [3.8, 4) is 5.75 Å². The van der Waals surface area contributed by atoms with Gasteiger partial charge in [0.1, 0.15) is 17.2 Å². The maximum Gasteiger partial charge on any atom is 0.191 e. The van der Waals surface area contributed by atoms with Gasteiger partial charge in [0.25, 0.3) is 0 Å². The van der Waals surface area contributed by atoms with Gasteiger partial charge >= 0.3 is 0 Å². The minimum Gasteiger partial charge on any atom is -0.487 e. The van der Waals surface area contributed by atoms with E-state index in [0.717, 1.165) is 36.1 Å². The average molecular weight is 482 g/mol. The van der Waals surface area contributed by atoms with E-state index in [0.29, 0.717) is 6.54 Å². The molecule has 0 aliphatic carbocycles. The van der Waals surface area contributed by atoms with Crippen molar-refractivity contribution < 1.29 is 4.74 Å².